The Balaban J connectivity index is 1.09. The van der Waals surface area contributed by atoms with Crippen molar-refractivity contribution in [1.29, 1.82) is 0 Å². The minimum atomic E-state index is 0.0375. The highest BCUT2D eigenvalue weighted by Crippen LogP contribution is 2.30. The smallest absolute Gasteiger partial charge is 0.224 e. The lowest BCUT2D eigenvalue weighted by Gasteiger charge is -2.31. The molecule has 33 heavy (non-hydrogen) atoms. The maximum Gasteiger partial charge on any atom is 0.224 e. The number of anilines is 1. The summed E-state index contributed by atoms with van der Waals surface area (Å²) in [4.78, 5) is 17.5. The zero-order chi connectivity index (χ0) is 22.8. The second-order valence-electron chi connectivity index (χ2n) is 9.36. The largest absolute Gasteiger partial charge is 0.326 e. The van der Waals surface area contributed by atoms with E-state index in [1.54, 1.807) is 0 Å². The fourth-order valence-corrected chi connectivity index (χ4v) is 5.18. The summed E-state index contributed by atoms with van der Waals surface area (Å²) >= 11 is 5.96. The Labute approximate surface area is 201 Å². The summed E-state index contributed by atoms with van der Waals surface area (Å²) in [6.45, 7) is 3.41. The van der Waals surface area contributed by atoms with Gasteiger partial charge in [0.25, 0.3) is 0 Å². The fourth-order valence-electron chi connectivity index (χ4n) is 5.06. The standard InChI is InChI=1S/C28H30ClN3O/c1-31-18-27-16-26(31)19-32(27)17-21-4-2-20(3-5-21)6-15-28(33)30-25-13-9-23(10-14-25)22-7-11-24(29)12-8-22/h2-5,7-14,26-27H,6,15-19H2,1H3,(H,30,33). The van der Waals surface area contributed by atoms with E-state index in [2.05, 4.69) is 46.4 Å². The van der Waals surface area contributed by atoms with Crippen molar-refractivity contribution in [1.82, 2.24) is 9.80 Å². The molecular weight excluding hydrogens is 430 g/mol. The Hall–Kier alpha value is -2.66. The Morgan fingerprint density at radius 3 is 2.12 bits per heavy atom. The van der Waals surface area contributed by atoms with E-state index in [1.165, 1.54) is 30.6 Å². The SMILES string of the molecule is CN1CC2CC1CN2Cc1ccc(CCC(=O)Nc2ccc(-c3ccc(Cl)cc3)cc2)cc1. The van der Waals surface area contributed by atoms with Crippen LogP contribution in [0.25, 0.3) is 11.1 Å². The number of aryl methyl sites for hydroxylation is 1. The van der Waals surface area contributed by atoms with E-state index in [0.29, 0.717) is 12.5 Å². The van der Waals surface area contributed by atoms with Crippen LogP contribution in [0.1, 0.15) is 24.0 Å². The van der Waals surface area contributed by atoms with Crippen LogP contribution in [0, 0.1) is 0 Å². The number of halogens is 1. The van der Waals surface area contributed by atoms with Crippen LogP contribution in [-0.2, 0) is 17.8 Å². The van der Waals surface area contributed by atoms with E-state index in [4.69, 9.17) is 11.6 Å². The van der Waals surface area contributed by atoms with Gasteiger partial charge in [-0.2, -0.15) is 0 Å². The van der Waals surface area contributed by atoms with Crippen molar-refractivity contribution in [3.05, 3.63) is 88.9 Å². The molecule has 3 aromatic carbocycles. The van der Waals surface area contributed by atoms with Crippen LogP contribution >= 0.6 is 11.6 Å². The molecule has 2 atom stereocenters. The Bertz CT molecular complexity index is 1090. The minimum absolute atomic E-state index is 0.0375. The molecule has 3 aromatic rings. The molecule has 2 aliphatic rings. The molecular formula is C28H30ClN3O. The lowest BCUT2D eigenvalue weighted by Crippen LogP contribution is -2.43. The second kappa shape index (κ2) is 9.68. The first-order chi connectivity index (χ1) is 16.0. The van der Waals surface area contributed by atoms with E-state index in [9.17, 15) is 4.79 Å². The average molecular weight is 460 g/mol. The fraction of sp³-hybridized carbons (Fsp3) is 0.321. The van der Waals surface area contributed by atoms with Crippen LogP contribution in [0.2, 0.25) is 5.02 Å². The van der Waals surface area contributed by atoms with Crippen molar-refractivity contribution >= 4 is 23.2 Å². The van der Waals surface area contributed by atoms with Gasteiger partial charge < -0.3 is 10.2 Å². The summed E-state index contributed by atoms with van der Waals surface area (Å²) in [6, 6.07) is 25.9. The van der Waals surface area contributed by atoms with Crippen LogP contribution in [0.5, 0.6) is 0 Å². The minimum Gasteiger partial charge on any atom is -0.326 e. The number of nitrogens with one attached hydrogen (secondary N) is 1. The molecule has 0 radical (unpaired) electrons. The third-order valence-corrected chi connectivity index (χ3v) is 7.28. The van der Waals surface area contributed by atoms with Crippen molar-refractivity contribution < 1.29 is 4.79 Å². The summed E-state index contributed by atoms with van der Waals surface area (Å²) in [5, 5.41) is 3.73. The van der Waals surface area contributed by atoms with Crippen molar-refractivity contribution in [2.75, 3.05) is 25.5 Å². The third-order valence-electron chi connectivity index (χ3n) is 7.02. The number of amides is 1. The van der Waals surface area contributed by atoms with Gasteiger partial charge in [0.2, 0.25) is 5.91 Å². The molecule has 0 saturated carbocycles. The third kappa shape index (κ3) is 5.30. The van der Waals surface area contributed by atoms with Gasteiger partial charge >= 0.3 is 0 Å². The van der Waals surface area contributed by atoms with E-state index in [0.717, 1.165) is 40.8 Å². The average Bonchev–Trinajstić information content (AvgIpc) is 3.39. The quantitative estimate of drug-likeness (QED) is 0.509. The molecule has 1 amide bonds. The van der Waals surface area contributed by atoms with Crippen LogP contribution < -0.4 is 5.32 Å². The van der Waals surface area contributed by atoms with E-state index < -0.39 is 0 Å². The Morgan fingerprint density at radius 1 is 0.879 bits per heavy atom. The van der Waals surface area contributed by atoms with Crippen molar-refractivity contribution in [2.24, 2.45) is 0 Å². The normalized spacial score (nSPS) is 20.3. The maximum atomic E-state index is 12.4. The van der Waals surface area contributed by atoms with Crippen LogP contribution in [-0.4, -0.2) is 47.9 Å². The first-order valence-electron chi connectivity index (χ1n) is 11.7. The number of fused-ring (bicyclic) bond motifs is 2. The molecule has 2 fully saturated rings. The van der Waals surface area contributed by atoms with E-state index in [-0.39, 0.29) is 5.91 Å². The number of rotatable bonds is 7. The van der Waals surface area contributed by atoms with Crippen molar-refractivity contribution in [2.45, 2.75) is 37.9 Å². The predicted octanol–water partition coefficient (Wildman–Crippen LogP) is 5.47. The molecule has 0 aliphatic carbocycles. The first-order valence-corrected chi connectivity index (χ1v) is 12.1. The van der Waals surface area contributed by atoms with Gasteiger partial charge in [-0.25, -0.2) is 0 Å². The summed E-state index contributed by atoms with van der Waals surface area (Å²) in [6.07, 6.45) is 2.53. The lowest BCUT2D eigenvalue weighted by atomic mass is 10.1. The van der Waals surface area contributed by atoms with E-state index >= 15 is 0 Å². The molecule has 2 heterocycles. The number of piperazine rings is 1. The Kier molecular flexibility index (Phi) is 6.50. The molecule has 2 unspecified atom stereocenters. The van der Waals surface area contributed by atoms with Gasteiger partial charge in [-0.05, 0) is 66.4 Å². The lowest BCUT2D eigenvalue weighted by molar-refractivity contribution is -0.116. The summed E-state index contributed by atoms with van der Waals surface area (Å²) < 4.78 is 0. The molecule has 170 valence electrons. The molecule has 5 rings (SSSR count). The van der Waals surface area contributed by atoms with Gasteiger partial charge in [-0.15, -0.1) is 0 Å². The van der Waals surface area contributed by atoms with Crippen LogP contribution in [0.4, 0.5) is 5.69 Å². The monoisotopic (exact) mass is 459 g/mol. The summed E-state index contributed by atoms with van der Waals surface area (Å²) in [5.41, 5.74) is 5.58. The van der Waals surface area contributed by atoms with Gasteiger partial charge in [0.1, 0.15) is 0 Å². The second-order valence-corrected chi connectivity index (χ2v) is 9.80. The number of likely N-dealkylation sites (N-methyl/N-ethyl adjacent to an activating group) is 1. The van der Waals surface area contributed by atoms with Gasteiger partial charge in [0, 0.05) is 48.8 Å². The molecule has 0 aromatic heterocycles. The zero-order valence-corrected chi connectivity index (χ0v) is 19.8. The predicted molar refractivity (Wildman–Crippen MR) is 136 cm³/mol. The highest BCUT2D eigenvalue weighted by molar-refractivity contribution is 6.30. The first kappa shape index (κ1) is 22.1. The number of nitrogens with zero attached hydrogens (tertiary/aromatic N) is 2. The number of hydrogen-bond acceptors (Lipinski definition) is 3. The van der Waals surface area contributed by atoms with Gasteiger partial charge in [0.05, 0.1) is 0 Å². The molecule has 0 spiro atoms. The highest BCUT2D eigenvalue weighted by atomic mass is 35.5. The van der Waals surface area contributed by atoms with Gasteiger partial charge in [-0.1, -0.05) is 60.1 Å². The van der Waals surface area contributed by atoms with Crippen molar-refractivity contribution in [3.8, 4) is 11.1 Å². The number of carbonyl (C=O) groups excluding carboxylic acids is 1. The van der Waals surface area contributed by atoms with Gasteiger partial charge in [0.15, 0.2) is 0 Å². The molecule has 5 heteroatoms. The maximum absolute atomic E-state index is 12.4. The molecule has 2 saturated heterocycles. The topological polar surface area (TPSA) is 35.6 Å². The van der Waals surface area contributed by atoms with Crippen LogP contribution in [0.3, 0.4) is 0 Å². The van der Waals surface area contributed by atoms with Gasteiger partial charge in [-0.3, -0.25) is 9.69 Å². The molecule has 2 bridgehead atoms. The highest BCUT2D eigenvalue weighted by Gasteiger charge is 2.40. The molecule has 4 nitrogen and oxygen atoms in total. The number of carbonyl (C=O) groups is 1. The zero-order valence-electron chi connectivity index (χ0n) is 19.0. The van der Waals surface area contributed by atoms with Crippen molar-refractivity contribution in [3.63, 3.8) is 0 Å². The van der Waals surface area contributed by atoms with E-state index in [1.807, 2.05) is 48.5 Å². The molecule has 2 aliphatic heterocycles. The number of benzene rings is 3. The summed E-state index contributed by atoms with van der Waals surface area (Å²) in [5.74, 6) is 0.0375. The molecule has 1 N–H and O–H groups in total. The summed E-state index contributed by atoms with van der Waals surface area (Å²) in [7, 11) is 2.24. The number of likely N-dealkylation sites (tertiary alicyclic amines) is 2. The Morgan fingerprint density at radius 2 is 1.52 bits per heavy atom. The number of hydrogen-bond donors (Lipinski definition) is 1. The van der Waals surface area contributed by atoms with Crippen LogP contribution in [0.15, 0.2) is 72.8 Å².